The Balaban J connectivity index is 1.79. The van der Waals surface area contributed by atoms with Gasteiger partial charge in [0.05, 0.1) is 5.69 Å². The molecule has 0 saturated carbocycles. The van der Waals surface area contributed by atoms with Crippen LogP contribution in [-0.2, 0) is 0 Å². The summed E-state index contributed by atoms with van der Waals surface area (Å²) in [6.45, 7) is 9.38. The SMILES string of the molecule is [CH2][CH]C1CCCCN1c1cc(C)nc2cc(C(CCC)c3ccc(Cl)cc3)nn12. The van der Waals surface area contributed by atoms with Crippen LogP contribution in [0.4, 0.5) is 5.82 Å². The number of hydrogen-bond acceptors (Lipinski definition) is 3. The molecule has 29 heavy (non-hydrogen) atoms. The molecule has 3 aromatic rings. The molecule has 1 fully saturated rings. The number of hydrogen-bond donors (Lipinski definition) is 0. The van der Waals surface area contributed by atoms with Crippen molar-refractivity contribution in [3.05, 3.63) is 71.7 Å². The van der Waals surface area contributed by atoms with Crippen molar-refractivity contribution in [2.45, 2.75) is 57.9 Å². The molecular weight excluding hydrogens is 380 g/mol. The van der Waals surface area contributed by atoms with Gasteiger partial charge in [-0.2, -0.15) is 9.61 Å². The monoisotopic (exact) mass is 408 g/mol. The van der Waals surface area contributed by atoms with Crippen LogP contribution in [0.3, 0.4) is 0 Å². The Hall–Kier alpha value is -2.07. The molecule has 2 radical (unpaired) electrons. The zero-order chi connectivity index (χ0) is 20.4. The lowest BCUT2D eigenvalue weighted by molar-refractivity contribution is 0.493. The summed E-state index contributed by atoms with van der Waals surface area (Å²) < 4.78 is 2.03. The zero-order valence-corrected chi connectivity index (χ0v) is 18.1. The second kappa shape index (κ2) is 8.74. The van der Waals surface area contributed by atoms with Gasteiger partial charge in [0.2, 0.25) is 0 Å². The van der Waals surface area contributed by atoms with E-state index in [0.29, 0.717) is 6.04 Å². The number of nitrogens with zero attached hydrogens (tertiary/aromatic N) is 4. The highest BCUT2D eigenvalue weighted by Crippen LogP contribution is 2.32. The van der Waals surface area contributed by atoms with Crippen LogP contribution in [0.2, 0.25) is 5.02 Å². The van der Waals surface area contributed by atoms with Gasteiger partial charge < -0.3 is 4.90 Å². The molecule has 2 aromatic heterocycles. The first-order chi connectivity index (χ1) is 14.1. The predicted octanol–water partition coefficient (Wildman–Crippen LogP) is 6.02. The van der Waals surface area contributed by atoms with Crippen LogP contribution in [0.5, 0.6) is 0 Å². The molecular formula is C24H29ClN4. The zero-order valence-electron chi connectivity index (χ0n) is 17.3. The van der Waals surface area contributed by atoms with E-state index in [-0.39, 0.29) is 5.92 Å². The molecule has 1 aliphatic heterocycles. The molecule has 1 aromatic carbocycles. The van der Waals surface area contributed by atoms with Crippen molar-refractivity contribution >= 4 is 23.1 Å². The van der Waals surface area contributed by atoms with Crippen molar-refractivity contribution < 1.29 is 0 Å². The third kappa shape index (κ3) is 4.13. The van der Waals surface area contributed by atoms with Gasteiger partial charge in [0.15, 0.2) is 5.65 Å². The molecule has 2 atom stereocenters. The topological polar surface area (TPSA) is 33.4 Å². The Morgan fingerprint density at radius 3 is 2.76 bits per heavy atom. The lowest BCUT2D eigenvalue weighted by atomic mass is 9.91. The van der Waals surface area contributed by atoms with Crippen molar-refractivity contribution in [1.29, 1.82) is 0 Å². The van der Waals surface area contributed by atoms with Crippen LogP contribution in [0.25, 0.3) is 5.65 Å². The summed E-state index contributed by atoms with van der Waals surface area (Å²) in [4.78, 5) is 7.22. The maximum absolute atomic E-state index is 6.11. The van der Waals surface area contributed by atoms with Crippen LogP contribution >= 0.6 is 11.6 Å². The summed E-state index contributed by atoms with van der Waals surface area (Å²) in [5.74, 6) is 1.36. The van der Waals surface area contributed by atoms with Crippen molar-refractivity contribution in [3.8, 4) is 0 Å². The number of piperidine rings is 1. The van der Waals surface area contributed by atoms with Gasteiger partial charge in [-0.3, -0.25) is 0 Å². The van der Waals surface area contributed by atoms with E-state index in [2.05, 4.69) is 56.4 Å². The largest absolute Gasteiger partial charge is 0.353 e. The predicted molar refractivity (Wildman–Crippen MR) is 121 cm³/mol. The smallest absolute Gasteiger partial charge is 0.157 e. The van der Waals surface area contributed by atoms with Gasteiger partial charge in [-0.25, -0.2) is 4.98 Å². The van der Waals surface area contributed by atoms with Crippen LogP contribution in [-0.4, -0.2) is 27.2 Å². The first-order valence-corrected chi connectivity index (χ1v) is 11.0. The van der Waals surface area contributed by atoms with E-state index in [0.717, 1.165) is 53.7 Å². The Labute approximate surface area is 178 Å². The summed E-state index contributed by atoms with van der Waals surface area (Å²) in [6.07, 6.45) is 7.79. The summed E-state index contributed by atoms with van der Waals surface area (Å²) in [7, 11) is 0. The summed E-state index contributed by atoms with van der Waals surface area (Å²) in [6, 6.07) is 12.8. The van der Waals surface area contributed by atoms with Gasteiger partial charge in [0.1, 0.15) is 5.82 Å². The van der Waals surface area contributed by atoms with E-state index in [1.165, 1.54) is 18.4 Å². The molecule has 0 spiro atoms. The maximum atomic E-state index is 6.11. The molecule has 0 N–H and O–H groups in total. The average Bonchev–Trinajstić information content (AvgIpc) is 3.15. The number of halogens is 1. The van der Waals surface area contributed by atoms with Crippen LogP contribution in [0.15, 0.2) is 36.4 Å². The number of benzene rings is 1. The standard InChI is InChI=1S/C24H29ClN4/c1-4-8-21(18-10-12-19(25)13-11-18)22-16-23-26-17(3)15-24(29(23)27-22)28-14-7-6-9-20(28)5-2/h5,10-13,15-16,20-21H,2,4,6-9,14H2,1,3H3. The van der Waals surface area contributed by atoms with E-state index in [4.69, 9.17) is 21.7 Å². The van der Waals surface area contributed by atoms with Gasteiger partial charge in [0.25, 0.3) is 0 Å². The molecule has 2 unspecified atom stereocenters. The minimum atomic E-state index is 0.240. The fourth-order valence-electron chi connectivity index (χ4n) is 4.43. The molecule has 1 saturated heterocycles. The highest BCUT2D eigenvalue weighted by molar-refractivity contribution is 6.30. The lowest BCUT2D eigenvalue weighted by Crippen LogP contribution is -2.40. The van der Waals surface area contributed by atoms with Gasteiger partial charge in [-0.05, 0) is 63.6 Å². The van der Waals surface area contributed by atoms with Crippen LogP contribution in [0.1, 0.15) is 61.9 Å². The van der Waals surface area contributed by atoms with Gasteiger partial charge >= 0.3 is 0 Å². The van der Waals surface area contributed by atoms with E-state index in [1.54, 1.807) is 0 Å². The van der Waals surface area contributed by atoms with E-state index in [9.17, 15) is 0 Å². The van der Waals surface area contributed by atoms with Crippen molar-refractivity contribution in [2.75, 3.05) is 11.4 Å². The fraction of sp³-hybridized carbons (Fsp3) is 0.417. The number of rotatable bonds is 6. The minimum absolute atomic E-state index is 0.240. The Morgan fingerprint density at radius 1 is 1.24 bits per heavy atom. The maximum Gasteiger partial charge on any atom is 0.157 e. The third-order valence-corrected chi connectivity index (χ3v) is 6.13. The van der Waals surface area contributed by atoms with Crippen molar-refractivity contribution in [1.82, 2.24) is 14.6 Å². The molecule has 4 rings (SSSR count). The lowest BCUT2D eigenvalue weighted by Gasteiger charge is -2.36. The summed E-state index contributed by atoms with van der Waals surface area (Å²) >= 11 is 6.11. The molecule has 0 amide bonds. The highest BCUT2D eigenvalue weighted by Gasteiger charge is 2.25. The van der Waals surface area contributed by atoms with E-state index >= 15 is 0 Å². The first-order valence-electron chi connectivity index (χ1n) is 10.6. The Kier molecular flexibility index (Phi) is 6.09. The normalized spacial score (nSPS) is 18.3. The molecule has 0 bridgehead atoms. The van der Waals surface area contributed by atoms with Gasteiger partial charge in [-0.1, -0.05) is 37.1 Å². The van der Waals surface area contributed by atoms with Crippen LogP contribution in [0, 0.1) is 20.3 Å². The van der Waals surface area contributed by atoms with Crippen molar-refractivity contribution in [2.24, 2.45) is 0 Å². The number of aromatic nitrogens is 3. The second-order valence-corrected chi connectivity index (χ2v) is 8.42. The highest BCUT2D eigenvalue weighted by atomic mass is 35.5. The molecule has 152 valence electrons. The molecule has 3 heterocycles. The van der Waals surface area contributed by atoms with E-state index < -0.39 is 0 Å². The minimum Gasteiger partial charge on any atom is -0.353 e. The number of aryl methyl sites for hydroxylation is 1. The first kappa shape index (κ1) is 20.2. The summed E-state index contributed by atoms with van der Waals surface area (Å²) in [5.41, 5.74) is 4.25. The third-order valence-electron chi connectivity index (χ3n) is 5.88. The summed E-state index contributed by atoms with van der Waals surface area (Å²) in [5, 5.41) is 5.82. The Morgan fingerprint density at radius 2 is 2.03 bits per heavy atom. The fourth-order valence-corrected chi connectivity index (χ4v) is 4.55. The van der Waals surface area contributed by atoms with Crippen molar-refractivity contribution in [3.63, 3.8) is 0 Å². The molecule has 5 heteroatoms. The molecule has 1 aliphatic rings. The number of anilines is 1. The van der Waals surface area contributed by atoms with Gasteiger partial charge in [-0.15, -0.1) is 0 Å². The van der Waals surface area contributed by atoms with Gasteiger partial charge in [0, 0.05) is 41.4 Å². The molecule has 4 nitrogen and oxygen atoms in total. The molecule has 0 aliphatic carbocycles. The second-order valence-electron chi connectivity index (χ2n) is 7.98. The number of fused-ring (bicyclic) bond motifs is 1. The quantitative estimate of drug-likeness (QED) is 0.500. The Bertz CT molecular complexity index is 963. The van der Waals surface area contributed by atoms with E-state index in [1.807, 2.05) is 16.6 Å². The average molecular weight is 409 g/mol. The van der Waals surface area contributed by atoms with Crippen LogP contribution < -0.4 is 4.90 Å².